The fraction of sp³-hybridized carbons (Fsp3) is 0.333. The van der Waals surface area contributed by atoms with E-state index < -0.39 is 23.3 Å². The van der Waals surface area contributed by atoms with Crippen LogP contribution in [0.5, 0.6) is 0 Å². The van der Waals surface area contributed by atoms with Crippen LogP contribution in [0.1, 0.15) is 55.8 Å². The lowest BCUT2D eigenvalue weighted by atomic mass is 9.79. The molecule has 0 bridgehead atoms. The number of benzene rings is 3. The fourth-order valence-electron chi connectivity index (χ4n) is 4.77. The van der Waals surface area contributed by atoms with E-state index in [0.717, 1.165) is 25.7 Å². The van der Waals surface area contributed by atoms with Crippen molar-refractivity contribution in [2.24, 2.45) is 5.92 Å². The molecule has 166 valence electrons. The molecule has 2 aliphatic rings. The Hall–Kier alpha value is -2.66. The van der Waals surface area contributed by atoms with Crippen molar-refractivity contribution in [2.45, 2.75) is 44.6 Å². The van der Waals surface area contributed by atoms with Gasteiger partial charge in [0.25, 0.3) is 0 Å². The third-order valence-corrected chi connectivity index (χ3v) is 6.87. The molecule has 1 saturated heterocycles. The Labute approximate surface area is 185 Å². The molecular weight excluding hydrogens is 416 g/mol. The SMILES string of the molecule is CC1CCC(c2ccc(-c3ccc(-c4ccc(C5CO5)c(F)c4F)cc3)c(F)c2F)CC1. The molecule has 1 aliphatic heterocycles. The van der Waals surface area contributed by atoms with Gasteiger partial charge in [-0.15, -0.1) is 0 Å². The Morgan fingerprint density at radius 1 is 0.625 bits per heavy atom. The van der Waals surface area contributed by atoms with Crippen molar-refractivity contribution >= 4 is 0 Å². The minimum atomic E-state index is -0.936. The molecule has 0 spiro atoms. The summed E-state index contributed by atoms with van der Waals surface area (Å²) in [5.41, 5.74) is 1.89. The summed E-state index contributed by atoms with van der Waals surface area (Å²) in [6, 6.07) is 12.7. The van der Waals surface area contributed by atoms with Crippen LogP contribution >= 0.6 is 0 Å². The molecule has 1 heterocycles. The molecule has 5 heteroatoms. The van der Waals surface area contributed by atoms with E-state index in [1.165, 1.54) is 12.1 Å². The minimum Gasteiger partial charge on any atom is -0.368 e. The van der Waals surface area contributed by atoms with Gasteiger partial charge >= 0.3 is 0 Å². The van der Waals surface area contributed by atoms with Gasteiger partial charge in [-0.25, -0.2) is 17.6 Å². The van der Waals surface area contributed by atoms with E-state index >= 15 is 0 Å². The van der Waals surface area contributed by atoms with Gasteiger partial charge in [0.15, 0.2) is 23.3 Å². The average molecular weight is 440 g/mol. The molecular formula is C27H24F4O. The van der Waals surface area contributed by atoms with E-state index in [9.17, 15) is 17.6 Å². The van der Waals surface area contributed by atoms with Crippen LogP contribution in [-0.4, -0.2) is 6.61 Å². The Bertz CT molecular complexity index is 1140. The molecule has 3 aromatic carbocycles. The van der Waals surface area contributed by atoms with Crippen LogP contribution < -0.4 is 0 Å². The number of hydrogen-bond donors (Lipinski definition) is 0. The van der Waals surface area contributed by atoms with Crippen LogP contribution in [-0.2, 0) is 4.74 Å². The van der Waals surface area contributed by atoms with E-state index in [-0.39, 0.29) is 28.7 Å². The zero-order valence-electron chi connectivity index (χ0n) is 17.8. The molecule has 3 aromatic rings. The van der Waals surface area contributed by atoms with Crippen molar-refractivity contribution in [3.8, 4) is 22.3 Å². The number of halogens is 4. The Morgan fingerprint density at radius 3 is 1.59 bits per heavy atom. The molecule has 32 heavy (non-hydrogen) atoms. The van der Waals surface area contributed by atoms with Crippen LogP contribution in [0.25, 0.3) is 22.3 Å². The first-order valence-corrected chi connectivity index (χ1v) is 11.1. The standard InChI is InChI=1S/C27H24F4O/c1-15-2-4-16(5-3-15)19-10-11-20(25(29)24(19)28)17-6-8-18(9-7-17)21-12-13-22(23-14-32-23)27(31)26(21)30/h6-13,15-16,23H,2-5,14H2,1H3. The van der Waals surface area contributed by atoms with Gasteiger partial charge < -0.3 is 4.74 Å². The molecule has 2 fully saturated rings. The highest BCUT2D eigenvalue weighted by Gasteiger charge is 2.30. The molecule has 1 unspecified atom stereocenters. The van der Waals surface area contributed by atoms with Gasteiger partial charge in [0.1, 0.15) is 6.10 Å². The average Bonchev–Trinajstić information content (AvgIpc) is 3.64. The molecule has 0 N–H and O–H groups in total. The molecule has 1 saturated carbocycles. The highest BCUT2D eigenvalue weighted by molar-refractivity contribution is 5.71. The third kappa shape index (κ3) is 3.83. The zero-order chi connectivity index (χ0) is 22.4. The van der Waals surface area contributed by atoms with Crippen LogP contribution in [0.2, 0.25) is 0 Å². The molecule has 1 nitrogen and oxygen atoms in total. The summed E-state index contributed by atoms with van der Waals surface area (Å²) in [6.45, 7) is 2.58. The highest BCUT2D eigenvalue weighted by atomic mass is 19.2. The van der Waals surface area contributed by atoms with E-state index in [1.54, 1.807) is 36.4 Å². The van der Waals surface area contributed by atoms with Crippen molar-refractivity contribution in [1.29, 1.82) is 0 Å². The van der Waals surface area contributed by atoms with Gasteiger partial charge in [0, 0.05) is 16.7 Å². The van der Waals surface area contributed by atoms with Crippen molar-refractivity contribution < 1.29 is 22.3 Å². The molecule has 0 amide bonds. The van der Waals surface area contributed by atoms with Crippen molar-refractivity contribution in [2.75, 3.05) is 6.61 Å². The summed E-state index contributed by atoms with van der Waals surface area (Å²) in [5, 5.41) is 0. The summed E-state index contributed by atoms with van der Waals surface area (Å²) < 4.78 is 63.8. The van der Waals surface area contributed by atoms with Crippen LogP contribution in [0.15, 0.2) is 48.5 Å². The molecule has 0 aromatic heterocycles. The Kier molecular flexibility index (Phi) is 5.54. The maximum atomic E-state index is 14.9. The number of ether oxygens (including phenoxy) is 1. The smallest absolute Gasteiger partial charge is 0.167 e. The Balaban J connectivity index is 1.42. The van der Waals surface area contributed by atoms with Crippen LogP contribution in [0, 0.1) is 29.2 Å². The van der Waals surface area contributed by atoms with Gasteiger partial charge in [0.2, 0.25) is 0 Å². The van der Waals surface area contributed by atoms with Gasteiger partial charge in [-0.2, -0.15) is 0 Å². The quantitative estimate of drug-likeness (QED) is 0.296. The fourth-order valence-corrected chi connectivity index (χ4v) is 4.77. The second-order valence-corrected chi connectivity index (χ2v) is 9.02. The molecule has 0 radical (unpaired) electrons. The van der Waals surface area contributed by atoms with Crippen LogP contribution in [0.4, 0.5) is 17.6 Å². The second-order valence-electron chi connectivity index (χ2n) is 9.02. The summed E-state index contributed by atoms with van der Waals surface area (Å²) in [4.78, 5) is 0. The Morgan fingerprint density at radius 2 is 1.09 bits per heavy atom. The number of hydrogen-bond acceptors (Lipinski definition) is 1. The third-order valence-electron chi connectivity index (χ3n) is 6.87. The van der Waals surface area contributed by atoms with E-state index in [0.29, 0.717) is 29.2 Å². The predicted molar refractivity (Wildman–Crippen MR) is 116 cm³/mol. The van der Waals surface area contributed by atoms with Gasteiger partial charge in [-0.3, -0.25) is 0 Å². The van der Waals surface area contributed by atoms with Crippen molar-refractivity contribution in [3.63, 3.8) is 0 Å². The lowest BCUT2D eigenvalue weighted by molar-refractivity contribution is 0.339. The number of rotatable bonds is 4. The van der Waals surface area contributed by atoms with Gasteiger partial charge in [-0.1, -0.05) is 68.3 Å². The van der Waals surface area contributed by atoms with Crippen LogP contribution in [0.3, 0.4) is 0 Å². The van der Waals surface area contributed by atoms with E-state index in [4.69, 9.17) is 4.74 Å². The minimum absolute atomic E-state index is 0.0546. The maximum Gasteiger partial charge on any atom is 0.167 e. The zero-order valence-corrected chi connectivity index (χ0v) is 17.8. The largest absolute Gasteiger partial charge is 0.368 e. The molecule has 5 rings (SSSR count). The number of epoxide rings is 1. The van der Waals surface area contributed by atoms with Crippen molar-refractivity contribution in [3.05, 3.63) is 82.9 Å². The second kappa shape index (κ2) is 8.36. The lowest BCUT2D eigenvalue weighted by Gasteiger charge is -2.27. The normalized spacial score (nSPS) is 22.7. The first kappa shape index (κ1) is 21.2. The first-order valence-electron chi connectivity index (χ1n) is 11.1. The molecule has 1 atom stereocenters. The van der Waals surface area contributed by atoms with E-state index in [2.05, 4.69) is 6.92 Å². The van der Waals surface area contributed by atoms with Gasteiger partial charge in [-0.05, 0) is 41.4 Å². The topological polar surface area (TPSA) is 12.5 Å². The summed E-state index contributed by atoms with van der Waals surface area (Å²) in [5.74, 6) is -2.80. The molecule has 1 aliphatic carbocycles. The monoisotopic (exact) mass is 440 g/mol. The lowest BCUT2D eigenvalue weighted by Crippen LogP contribution is -2.13. The highest BCUT2D eigenvalue weighted by Crippen LogP contribution is 2.39. The summed E-state index contributed by atoms with van der Waals surface area (Å²) >= 11 is 0. The van der Waals surface area contributed by atoms with Crippen molar-refractivity contribution in [1.82, 2.24) is 0 Å². The maximum absolute atomic E-state index is 14.9. The summed E-state index contributed by atoms with van der Waals surface area (Å²) in [6.07, 6.45) is 3.43. The summed E-state index contributed by atoms with van der Waals surface area (Å²) in [7, 11) is 0. The predicted octanol–water partition coefficient (Wildman–Crippen LogP) is 7.94. The van der Waals surface area contributed by atoms with Gasteiger partial charge in [0.05, 0.1) is 6.61 Å². The first-order chi connectivity index (χ1) is 15.4. The van der Waals surface area contributed by atoms with E-state index in [1.807, 2.05) is 0 Å².